The van der Waals surface area contributed by atoms with Crippen molar-refractivity contribution in [3.8, 4) is 0 Å². The Bertz CT molecular complexity index is 693. The second kappa shape index (κ2) is 7.23. The summed E-state index contributed by atoms with van der Waals surface area (Å²) in [6.45, 7) is 3.41. The molecule has 0 saturated carbocycles. The van der Waals surface area contributed by atoms with Crippen LogP contribution >= 0.6 is 11.5 Å². The van der Waals surface area contributed by atoms with Gasteiger partial charge in [-0.15, -0.1) is 5.10 Å². The van der Waals surface area contributed by atoms with Crippen molar-refractivity contribution in [2.45, 2.75) is 31.8 Å². The minimum absolute atomic E-state index is 0.207. The van der Waals surface area contributed by atoms with Crippen molar-refractivity contribution >= 4 is 23.3 Å². The number of hydrogen-bond acceptors (Lipinski definition) is 7. The van der Waals surface area contributed by atoms with Gasteiger partial charge < -0.3 is 15.3 Å². The number of aliphatic hydroxyl groups is 1. The van der Waals surface area contributed by atoms with Gasteiger partial charge in [-0.25, -0.2) is 4.98 Å². The summed E-state index contributed by atoms with van der Waals surface area (Å²) in [5, 5.41) is 17.6. The summed E-state index contributed by atoms with van der Waals surface area (Å²) in [6.07, 6.45) is 3.97. The van der Waals surface area contributed by atoms with Gasteiger partial charge in [0.1, 0.15) is 16.3 Å². The lowest BCUT2D eigenvalue weighted by molar-refractivity contribution is 0.0576. The number of carbonyl (C=O) groups excluding carboxylic acids is 1. The Balaban J connectivity index is 1.58. The molecule has 0 spiro atoms. The molecule has 2 aromatic rings. The van der Waals surface area contributed by atoms with Gasteiger partial charge in [0.15, 0.2) is 0 Å². The highest BCUT2D eigenvalue weighted by atomic mass is 32.1. The molecule has 0 radical (unpaired) electrons. The van der Waals surface area contributed by atoms with E-state index < -0.39 is 5.60 Å². The van der Waals surface area contributed by atoms with Crippen LogP contribution in [0, 0.1) is 0 Å². The summed E-state index contributed by atoms with van der Waals surface area (Å²) in [5.41, 5.74) is -0.218. The van der Waals surface area contributed by atoms with Gasteiger partial charge >= 0.3 is 0 Å². The van der Waals surface area contributed by atoms with Gasteiger partial charge in [0, 0.05) is 25.8 Å². The average Bonchev–Trinajstić information content (AvgIpc) is 3.21. The second-order valence-electron chi connectivity index (χ2n) is 6.07. The fourth-order valence-electron chi connectivity index (χ4n) is 2.84. The predicted molar refractivity (Wildman–Crippen MR) is 92.3 cm³/mol. The van der Waals surface area contributed by atoms with E-state index in [1.54, 1.807) is 6.20 Å². The molecule has 7 nitrogen and oxygen atoms in total. The highest BCUT2D eigenvalue weighted by Crippen LogP contribution is 2.25. The molecular formula is C16H21N5O2S. The Labute approximate surface area is 144 Å². The average molecular weight is 347 g/mol. The Morgan fingerprint density at radius 1 is 1.50 bits per heavy atom. The minimum atomic E-state index is -0.948. The van der Waals surface area contributed by atoms with Crippen LogP contribution in [-0.4, -0.2) is 50.8 Å². The molecule has 2 N–H and O–H groups in total. The zero-order valence-corrected chi connectivity index (χ0v) is 14.4. The highest BCUT2D eigenvalue weighted by molar-refractivity contribution is 7.08. The highest BCUT2D eigenvalue weighted by Gasteiger charge is 2.37. The minimum Gasteiger partial charge on any atom is -0.386 e. The number of β-amino-alcohol motifs (C(OH)–C–C–N with tert-alkyl or cyclic N) is 1. The standard InChI is InChI=1S/C16H21N5O2S/c1-2-5-12-14(24-20-19-12)15(22)18-10-16(23)7-9-21(11-16)13-6-3-4-8-17-13/h3-4,6,8,23H,2,5,7,9-11H2,1H3,(H,18,22)/t16-/m0/s1. The summed E-state index contributed by atoms with van der Waals surface area (Å²) in [7, 11) is 0. The van der Waals surface area contributed by atoms with Crippen molar-refractivity contribution in [1.29, 1.82) is 0 Å². The molecule has 1 atom stereocenters. The number of aromatic nitrogens is 3. The molecule has 0 bridgehead atoms. The smallest absolute Gasteiger partial charge is 0.265 e. The van der Waals surface area contributed by atoms with Gasteiger partial charge in [-0.2, -0.15) is 0 Å². The molecule has 0 unspecified atom stereocenters. The number of nitrogens with zero attached hydrogens (tertiary/aromatic N) is 4. The van der Waals surface area contributed by atoms with E-state index in [1.807, 2.05) is 30.0 Å². The maximum atomic E-state index is 12.3. The summed E-state index contributed by atoms with van der Waals surface area (Å²) in [6, 6.07) is 5.71. The summed E-state index contributed by atoms with van der Waals surface area (Å²) < 4.78 is 3.86. The molecule has 3 heterocycles. The van der Waals surface area contributed by atoms with Crippen molar-refractivity contribution in [2.24, 2.45) is 0 Å². The molecule has 1 amide bonds. The molecule has 3 rings (SSSR count). The molecule has 1 fully saturated rings. The molecule has 0 aromatic carbocycles. The van der Waals surface area contributed by atoms with Crippen molar-refractivity contribution in [2.75, 3.05) is 24.5 Å². The maximum absolute atomic E-state index is 12.3. The van der Waals surface area contributed by atoms with Crippen molar-refractivity contribution in [1.82, 2.24) is 19.9 Å². The molecule has 1 aliphatic heterocycles. The second-order valence-corrected chi connectivity index (χ2v) is 6.82. The normalized spacial score (nSPS) is 20.3. The number of hydrogen-bond donors (Lipinski definition) is 2. The third-order valence-corrected chi connectivity index (χ3v) is 4.90. The largest absolute Gasteiger partial charge is 0.386 e. The van der Waals surface area contributed by atoms with Crippen LogP contribution in [-0.2, 0) is 6.42 Å². The van der Waals surface area contributed by atoms with Gasteiger partial charge in [-0.3, -0.25) is 4.79 Å². The van der Waals surface area contributed by atoms with Crippen LogP contribution in [0.2, 0.25) is 0 Å². The Morgan fingerprint density at radius 2 is 2.38 bits per heavy atom. The molecular weight excluding hydrogens is 326 g/mol. The number of carbonyl (C=O) groups is 1. The van der Waals surface area contributed by atoms with E-state index in [0.717, 1.165) is 35.9 Å². The molecule has 1 aliphatic rings. The molecule has 0 aliphatic carbocycles. The van der Waals surface area contributed by atoms with E-state index in [2.05, 4.69) is 19.9 Å². The van der Waals surface area contributed by atoms with Gasteiger partial charge in [-0.1, -0.05) is 23.9 Å². The van der Waals surface area contributed by atoms with Crippen LogP contribution in [0.1, 0.15) is 35.1 Å². The number of nitrogens with one attached hydrogen (secondary N) is 1. The molecule has 1 saturated heterocycles. The fourth-order valence-corrected chi connectivity index (χ4v) is 3.47. The maximum Gasteiger partial charge on any atom is 0.265 e. The first-order valence-electron chi connectivity index (χ1n) is 8.09. The first-order valence-corrected chi connectivity index (χ1v) is 8.86. The summed E-state index contributed by atoms with van der Waals surface area (Å²) in [4.78, 5) is 19.2. The SMILES string of the molecule is CCCc1nnsc1C(=O)NC[C@@]1(O)CCN(c2ccccn2)C1. The lowest BCUT2D eigenvalue weighted by Gasteiger charge is -2.24. The molecule has 8 heteroatoms. The van der Waals surface area contributed by atoms with Crippen molar-refractivity contribution in [3.05, 3.63) is 35.0 Å². The number of rotatable bonds is 6. The number of aryl methyl sites for hydroxylation is 1. The Morgan fingerprint density at radius 3 is 3.12 bits per heavy atom. The lowest BCUT2D eigenvalue weighted by Crippen LogP contribution is -2.45. The van der Waals surface area contributed by atoms with E-state index in [4.69, 9.17) is 0 Å². The Hall–Kier alpha value is -2.06. The summed E-state index contributed by atoms with van der Waals surface area (Å²) >= 11 is 1.10. The van der Waals surface area contributed by atoms with Crippen LogP contribution in [0.3, 0.4) is 0 Å². The van der Waals surface area contributed by atoms with Gasteiger partial charge in [0.05, 0.1) is 5.69 Å². The topological polar surface area (TPSA) is 91.2 Å². The van der Waals surface area contributed by atoms with E-state index in [9.17, 15) is 9.90 Å². The van der Waals surface area contributed by atoms with E-state index in [-0.39, 0.29) is 12.5 Å². The number of pyridine rings is 1. The van der Waals surface area contributed by atoms with Gasteiger partial charge in [-0.05, 0) is 36.5 Å². The monoisotopic (exact) mass is 347 g/mol. The first kappa shape index (κ1) is 16.8. The lowest BCUT2D eigenvalue weighted by atomic mass is 10.0. The van der Waals surface area contributed by atoms with E-state index in [0.29, 0.717) is 24.4 Å². The molecule has 128 valence electrons. The van der Waals surface area contributed by atoms with Crippen LogP contribution in [0.4, 0.5) is 5.82 Å². The van der Waals surface area contributed by atoms with Crippen LogP contribution < -0.4 is 10.2 Å². The van der Waals surface area contributed by atoms with Crippen LogP contribution in [0.25, 0.3) is 0 Å². The molecule has 24 heavy (non-hydrogen) atoms. The zero-order valence-electron chi connectivity index (χ0n) is 13.6. The van der Waals surface area contributed by atoms with E-state index in [1.165, 1.54) is 0 Å². The first-order chi connectivity index (χ1) is 11.6. The Kier molecular flexibility index (Phi) is 5.06. The van der Waals surface area contributed by atoms with Crippen LogP contribution in [0.15, 0.2) is 24.4 Å². The fraction of sp³-hybridized carbons (Fsp3) is 0.500. The third kappa shape index (κ3) is 3.70. The van der Waals surface area contributed by atoms with Gasteiger partial charge in [0.25, 0.3) is 5.91 Å². The number of amides is 1. The molecule has 2 aromatic heterocycles. The quantitative estimate of drug-likeness (QED) is 0.817. The number of anilines is 1. The third-order valence-electron chi connectivity index (χ3n) is 4.13. The van der Waals surface area contributed by atoms with Gasteiger partial charge in [0.2, 0.25) is 0 Å². The van der Waals surface area contributed by atoms with E-state index >= 15 is 0 Å². The zero-order chi connectivity index (χ0) is 17.0. The van der Waals surface area contributed by atoms with Crippen molar-refractivity contribution < 1.29 is 9.90 Å². The predicted octanol–water partition coefficient (Wildman–Crippen LogP) is 1.26. The summed E-state index contributed by atoms with van der Waals surface area (Å²) in [5.74, 6) is 0.634. The van der Waals surface area contributed by atoms with Crippen LogP contribution in [0.5, 0.6) is 0 Å². The van der Waals surface area contributed by atoms with Crippen molar-refractivity contribution in [3.63, 3.8) is 0 Å².